The highest BCUT2D eigenvalue weighted by molar-refractivity contribution is 5.89. The largest absolute Gasteiger partial charge is 0.475 e. The second-order valence-corrected chi connectivity index (χ2v) is 6.17. The lowest BCUT2D eigenvalue weighted by Gasteiger charge is -2.23. The van der Waals surface area contributed by atoms with E-state index in [0.717, 1.165) is 25.7 Å². The van der Waals surface area contributed by atoms with Crippen molar-refractivity contribution in [1.29, 1.82) is 0 Å². The van der Waals surface area contributed by atoms with E-state index in [0.29, 0.717) is 18.3 Å². The Labute approximate surface area is 133 Å². The molecule has 1 aromatic rings. The zero-order valence-electron chi connectivity index (χ0n) is 12.8. The van der Waals surface area contributed by atoms with Crippen molar-refractivity contribution >= 4 is 17.8 Å². The Morgan fingerprint density at radius 2 is 2.04 bits per heavy atom. The Bertz CT molecular complexity index is 618. The van der Waals surface area contributed by atoms with Crippen molar-refractivity contribution in [1.82, 2.24) is 10.2 Å². The number of carbonyl (C=O) groups excluding carboxylic acids is 2. The van der Waals surface area contributed by atoms with Gasteiger partial charge in [0.05, 0.1) is 12.5 Å². The first kappa shape index (κ1) is 15.6. The van der Waals surface area contributed by atoms with E-state index >= 15 is 0 Å². The van der Waals surface area contributed by atoms with Crippen LogP contribution < -0.4 is 5.32 Å². The average molecular weight is 320 g/mol. The smallest absolute Gasteiger partial charge is 0.371 e. The highest BCUT2D eigenvalue weighted by atomic mass is 16.4. The van der Waals surface area contributed by atoms with E-state index in [9.17, 15) is 14.4 Å². The Kier molecular flexibility index (Phi) is 4.36. The van der Waals surface area contributed by atoms with Crippen molar-refractivity contribution in [3.8, 4) is 0 Å². The van der Waals surface area contributed by atoms with Crippen molar-refractivity contribution < 1.29 is 23.9 Å². The zero-order chi connectivity index (χ0) is 16.4. The molecule has 0 unspecified atom stereocenters. The van der Waals surface area contributed by atoms with Crippen LogP contribution in [0.5, 0.6) is 0 Å². The summed E-state index contributed by atoms with van der Waals surface area (Å²) >= 11 is 0. The van der Waals surface area contributed by atoms with E-state index in [-0.39, 0.29) is 36.5 Å². The maximum absolute atomic E-state index is 12.2. The Morgan fingerprint density at radius 3 is 2.70 bits per heavy atom. The number of aromatic carboxylic acids is 1. The van der Waals surface area contributed by atoms with E-state index < -0.39 is 5.97 Å². The normalized spacial score (nSPS) is 21.8. The summed E-state index contributed by atoms with van der Waals surface area (Å²) < 4.78 is 5.09. The van der Waals surface area contributed by atoms with Crippen LogP contribution in [0.25, 0.3) is 0 Å². The average Bonchev–Trinajstić information content (AvgIpc) is 3.24. The van der Waals surface area contributed by atoms with Crippen molar-refractivity contribution in [2.24, 2.45) is 5.92 Å². The molecule has 1 aliphatic carbocycles. The van der Waals surface area contributed by atoms with E-state index in [1.807, 2.05) is 4.90 Å². The molecule has 124 valence electrons. The van der Waals surface area contributed by atoms with Crippen LogP contribution in [0.3, 0.4) is 0 Å². The van der Waals surface area contributed by atoms with Crippen LogP contribution in [0.15, 0.2) is 16.5 Å². The third-order valence-electron chi connectivity index (χ3n) is 4.60. The predicted molar refractivity (Wildman–Crippen MR) is 79.6 cm³/mol. The summed E-state index contributed by atoms with van der Waals surface area (Å²) in [5, 5.41) is 11.5. The van der Waals surface area contributed by atoms with Gasteiger partial charge in [-0.15, -0.1) is 0 Å². The van der Waals surface area contributed by atoms with E-state index in [2.05, 4.69) is 5.32 Å². The quantitative estimate of drug-likeness (QED) is 0.854. The van der Waals surface area contributed by atoms with Crippen LogP contribution in [0.4, 0.5) is 0 Å². The number of rotatable bonds is 5. The van der Waals surface area contributed by atoms with Gasteiger partial charge in [-0.1, -0.05) is 12.8 Å². The number of hydrogen-bond donors (Lipinski definition) is 2. The fourth-order valence-corrected chi connectivity index (χ4v) is 3.38. The number of carbonyl (C=O) groups is 3. The molecule has 2 heterocycles. The summed E-state index contributed by atoms with van der Waals surface area (Å²) in [7, 11) is 0. The van der Waals surface area contributed by atoms with Gasteiger partial charge in [0.2, 0.25) is 17.6 Å². The van der Waals surface area contributed by atoms with Gasteiger partial charge in [-0.05, 0) is 25.0 Å². The highest BCUT2D eigenvalue weighted by Crippen LogP contribution is 2.29. The molecule has 7 heteroatoms. The molecule has 2 amide bonds. The number of amides is 2. The maximum Gasteiger partial charge on any atom is 0.371 e. The molecule has 1 aliphatic heterocycles. The van der Waals surface area contributed by atoms with Gasteiger partial charge < -0.3 is 19.7 Å². The number of nitrogens with zero attached hydrogens (tertiary/aromatic N) is 1. The van der Waals surface area contributed by atoms with E-state index in [4.69, 9.17) is 9.52 Å². The molecule has 2 aliphatic rings. The van der Waals surface area contributed by atoms with Crippen molar-refractivity contribution in [2.75, 3.05) is 6.54 Å². The summed E-state index contributed by atoms with van der Waals surface area (Å²) in [5.74, 6) is -1.38. The van der Waals surface area contributed by atoms with Gasteiger partial charge >= 0.3 is 5.97 Å². The summed E-state index contributed by atoms with van der Waals surface area (Å²) in [6.45, 7) is 0.605. The summed E-state index contributed by atoms with van der Waals surface area (Å²) in [6.07, 6.45) is 4.61. The van der Waals surface area contributed by atoms with Crippen molar-refractivity contribution in [3.63, 3.8) is 0 Å². The van der Waals surface area contributed by atoms with Gasteiger partial charge in [0.25, 0.3) is 0 Å². The van der Waals surface area contributed by atoms with Crippen LogP contribution in [-0.4, -0.2) is 40.4 Å². The number of furan rings is 1. The predicted octanol–water partition coefficient (Wildman–Crippen LogP) is 1.39. The van der Waals surface area contributed by atoms with Crippen molar-refractivity contribution in [2.45, 2.75) is 44.7 Å². The molecule has 2 N–H and O–H groups in total. The zero-order valence-corrected chi connectivity index (χ0v) is 12.8. The van der Waals surface area contributed by atoms with E-state index in [1.54, 1.807) is 0 Å². The lowest BCUT2D eigenvalue weighted by molar-refractivity contribution is -0.130. The third-order valence-corrected chi connectivity index (χ3v) is 4.60. The number of carboxylic acids is 1. The van der Waals surface area contributed by atoms with Crippen molar-refractivity contribution in [3.05, 3.63) is 23.7 Å². The first-order valence-corrected chi connectivity index (χ1v) is 7.94. The fraction of sp³-hybridized carbons (Fsp3) is 0.562. The van der Waals surface area contributed by atoms with Crippen LogP contribution in [-0.2, 0) is 16.1 Å². The van der Waals surface area contributed by atoms with Crippen LogP contribution >= 0.6 is 0 Å². The highest BCUT2D eigenvalue weighted by Gasteiger charge is 2.38. The fourth-order valence-electron chi connectivity index (χ4n) is 3.38. The molecule has 1 atom stereocenters. The molecule has 2 fully saturated rings. The molecule has 0 aromatic carbocycles. The Morgan fingerprint density at radius 1 is 1.30 bits per heavy atom. The summed E-state index contributed by atoms with van der Waals surface area (Å²) in [6, 6.07) is 3.17. The molecule has 0 bridgehead atoms. The number of hydrogen-bond acceptors (Lipinski definition) is 4. The molecule has 0 spiro atoms. The number of likely N-dealkylation sites (tertiary alicyclic amines) is 1. The molecular weight excluding hydrogens is 300 g/mol. The first-order chi connectivity index (χ1) is 11.0. The van der Waals surface area contributed by atoms with Gasteiger partial charge in [-0.2, -0.15) is 0 Å². The van der Waals surface area contributed by atoms with Gasteiger partial charge in [0, 0.05) is 19.0 Å². The lowest BCUT2D eigenvalue weighted by atomic mass is 10.1. The summed E-state index contributed by atoms with van der Waals surface area (Å²) in [4.78, 5) is 36.9. The topological polar surface area (TPSA) is 99.8 Å². The van der Waals surface area contributed by atoms with Crippen LogP contribution in [0, 0.1) is 5.92 Å². The second kappa shape index (κ2) is 6.44. The molecule has 1 saturated heterocycles. The van der Waals surface area contributed by atoms with Gasteiger partial charge in [-0.3, -0.25) is 9.59 Å². The van der Waals surface area contributed by atoms with Gasteiger partial charge in [-0.25, -0.2) is 4.79 Å². The molecule has 1 aromatic heterocycles. The minimum Gasteiger partial charge on any atom is -0.475 e. The molecule has 3 rings (SSSR count). The van der Waals surface area contributed by atoms with E-state index in [1.165, 1.54) is 12.1 Å². The number of carboxylic acid groups (broad SMARTS) is 1. The Hall–Kier alpha value is -2.31. The third kappa shape index (κ3) is 3.38. The second-order valence-electron chi connectivity index (χ2n) is 6.17. The SMILES string of the molecule is O=C(O)c1ccc(CNC(=O)[C@@H]2CC(=O)N(C3CCCC3)C2)o1. The van der Waals surface area contributed by atoms with Crippen LogP contribution in [0.1, 0.15) is 48.4 Å². The minimum atomic E-state index is -1.14. The number of nitrogens with one attached hydrogen (secondary N) is 1. The molecule has 7 nitrogen and oxygen atoms in total. The molecule has 1 saturated carbocycles. The molecular formula is C16H20N2O5. The summed E-state index contributed by atoms with van der Waals surface area (Å²) in [5.41, 5.74) is 0. The van der Waals surface area contributed by atoms with Gasteiger partial charge in [0.15, 0.2) is 0 Å². The maximum atomic E-state index is 12.2. The van der Waals surface area contributed by atoms with Gasteiger partial charge in [0.1, 0.15) is 5.76 Å². The minimum absolute atomic E-state index is 0.0585. The molecule has 23 heavy (non-hydrogen) atoms. The molecule has 0 radical (unpaired) electrons. The first-order valence-electron chi connectivity index (χ1n) is 7.94. The lowest BCUT2D eigenvalue weighted by Crippen LogP contribution is -2.36. The standard InChI is InChI=1S/C16H20N2O5/c19-14-7-10(9-18(14)11-3-1-2-4-11)15(20)17-8-12-5-6-13(23-12)16(21)22/h5-6,10-11H,1-4,7-9H2,(H,17,20)(H,21,22)/t10-/m1/s1. The monoisotopic (exact) mass is 320 g/mol. The Balaban J connectivity index is 1.52. The van der Waals surface area contributed by atoms with Crippen LogP contribution in [0.2, 0.25) is 0 Å².